The number of primary amides is 2. The maximum atomic E-state index is 14.0. The third-order valence-electron chi connectivity index (χ3n) is 11.2. The third kappa shape index (κ3) is 15.0. The first-order valence-corrected chi connectivity index (χ1v) is 21.9. The number of amides is 4. The Morgan fingerprint density at radius 2 is 0.852 bits per heavy atom. The summed E-state index contributed by atoms with van der Waals surface area (Å²) in [6.07, 6.45) is 5.15. The minimum Gasteiger partial charge on any atom is -0.508 e. The molecule has 4 amide bonds. The van der Waals surface area contributed by atoms with Gasteiger partial charge in [0, 0.05) is 35.2 Å². The number of phenolic OH excluding ortho intramolecular Hbond substituents is 2. The van der Waals surface area contributed by atoms with E-state index in [0.717, 1.165) is 36.8 Å². The van der Waals surface area contributed by atoms with E-state index < -0.39 is 23.9 Å². The number of carbonyl (C=O) groups is 4. The summed E-state index contributed by atoms with van der Waals surface area (Å²) in [4.78, 5) is 52.9. The zero-order valence-corrected chi connectivity index (χ0v) is 35.2. The van der Waals surface area contributed by atoms with Gasteiger partial charge in [-0.3, -0.25) is 19.2 Å². The van der Waals surface area contributed by atoms with Gasteiger partial charge in [0.25, 0.3) is 0 Å². The molecule has 0 saturated heterocycles. The van der Waals surface area contributed by atoms with Crippen molar-refractivity contribution in [2.45, 2.75) is 129 Å². The lowest BCUT2D eigenvalue weighted by atomic mass is 9.84. The zero-order valence-electron chi connectivity index (χ0n) is 33.5. The molecular formula is C42H66N4O6S2. The molecule has 0 heterocycles. The number of benzene rings is 2. The van der Waals surface area contributed by atoms with Crippen LogP contribution in [0.15, 0.2) is 48.5 Å². The topological polar surface area (TPSA) is 185 Å². The van der Waals surface area contributed by atoms with Crippen molar-refractivity contribution in [1.29, 1.82) is 0 Å². The summed E-state index contributed by atoms with van der Waals surface area (Å²) in [7, 11) is 3.60. The fraction of sp³-hybridized carbons (Fsp3) is 0.619. The molecule has 0 radical (unpaired) electrons. The highest BCUT2D eigenvalue weighted by Gasteiger charge is 2.35. The first kappa shape index (κ1) is 46.8. The molecule has 0 saturated carbocycles. The maximum absolute atomic E-state index is 14.0. The Hall–Kier alpha value is -3.38. The molecule has 12 heteroatoms. The van der Waals surface area contributed by atoms with Gasteiger partial charge in [0.2, 0.25) is 23.6 Å². The highest BCUT2D eigenvalue weighted by atomic mass is 33.1. The second-order valence-corrected chi connectivity index (χ2v) is 17.9. The molecule has 2 rings (SSSR count). The SMILES string of the molecule is CCC(C)C(CC(C(=O)N[C@@H](Cc1ccc(O)cc1)C(N)=O)C(C)CC)SSC(CC(C(=O)N[C@@H](Cc1ccc(O)cc1)C(N)=O)C(C)CC)C(C)CC. The summed E-state index contributed by atoms with van der Waals surface area (Å²) in [5, 5.41) is 25.5. The average molecular weight is 787 g/mol. The number of rotatable bonds is 25. The maximum Gasteiger partial charge on any atom is 0.240 e. The molecule has 0 fully saturated rings. The predicted molar refractivity (Wildman–Crippen MR) is 223 cm³/mol. The van der Waals surface area contributed by atoms with Crippen molar-refractivity contribution >= 4 is 45.2 Å². The van der Waals surface area contributed by atoms with Gasteiger partial charge in [-0.15, -0.1) is 0 Å². The molecule has 0 aliphatic rings. The Kier molecular flexibility index (Phi) is 20.4. The van der Waals surface area contributed by atoms with Gasteiger partial charge < -0.3 is 32.3 Å². The summed E-state index contributed by atoms with van der Waals surface area (Å²) in [5.41, 5.74) is 13.1. The normalized spacial score (nSPS) is 17.1. The number of nitrogens with two attached hydrogens (primary N) is 2. The smallest absolute Gasteiger partial charge is 0.240 e. The van der Waals surface area contributed by atoms with Crippen molar-refractivity contribution in [3.63, 3.8) is 0 Å². The molecule has 2 aromatic carbocycles. The molecule has 302 valence electrons. The molecule has 0 aliphatic heterocycles. The van der Waals surface area contributed by atoms with E-state index in [1.165, 1.54) is 0 Å². The standard InChI is InChI=1S/C42H66N4O6S2/c1-9-25(5)33(41(51)45-35(39(43)49)21-29-13-17-31(47)18-14-29)23-37(27(7)11-3)53-54-38(28(8)12-4)24-34(26(6)10-2)42(52)46-36(40(44)50)22-30-15-19-32(48)20-16-30/h13-20,25-28,33-38,47-48H,9-12,21-24H2,1-8H3,(H2,43,49)(H2,44,50)(H,45,51)(H,46,52)/t25?,26?,27?,28?,33?,34?,35-,36-,37?,38?/m0/s1. The summed E-state index contributed by atoms with van der Waals surface area (Å²) >= 11 is 0. The summed E-state index contributed by atoms with van der Waals surface area (Å²) in [6.45, 7) is 17.0. The Morgan fingerprint density at radius 1 is 0.556 bits per heavy atom. The Bertz CT molecular complexity index is 1350. The van der Waals surface area contributed by atoms with Crippen molar-refractivity contribution in [2.24, 2.45) is 47.0 Å². The van der Waals surface area contributed by atoms with Gasteiger partial charge in [-0.05, 0) is 71.9 Å². The van der Waals surface area contributed by atoms with Crippen LogP contribution in [0.3, 0.4) is 0 Å². The van der Waals surface area contributed by atoms with Crippen LogP contribution >= 0.6 is 21.6 Å². The summed E-state index contributed by atoms with van der Waals surface area (Å²) in [5.74, 6) is -1.31. The Morgan fingerprint density at radius 3 is 1.11 bits per heavy atom. The lowest BCUT2D eigenvalue weighted by Crippen LogP contribution is -2.49. The fourth-order valence-corrected chi connectivity index (χ4v) is 10.5. The van der Waals surface area contributed by atoms with E-state index >= 15 is 0 Å². The first-order chi connectivity index (χ1) is 25.5. The van der Waals surface area contributed by atoms with Crippen LogP contribution in [-0.2, 0) is 32.0 Å². The van der Waals surface area contributed by atoms with Gasteiger partial charge in [0.15, 0.2) is 0 Å². The minimum atomic E-state index is -0.883. The molecule has 10 atom stereocenters. The molecule has 0 aromatic heterocycles. The third-order valence-corrected chi connectivity index (χ3v) is 15.0. The molecule has 0 spiro atoms. The molecule has 2 aromatic rings. The second kappa shape index (κ2) is 23.5. The Labute approximate surface area is 331 Å². The zero-order chi connectivity index (χ0) is 40.5. The van der Waals surface area contributed by atoms with Crippen LogP contribution in [0.4, 0.5) is 0 Å². The molecule has 8 N–H and O–H groups in total. The predicted octanol–water partition coefficient (Wildman–Crippen LogP) is 7.14. The summed E-state index contributed by atoms with van der Waals surface area (Å²) in [6, 6.07) is 11.3. The van der Waals surface area contributed by atoms with Crippen LogP contribution in [0.2, 0.25) is 0 Å². The number of nitrogens with one attached hydrogen (secondary N) is 2. The lowest BCUT2D eigenvalue weighted by molar-refractivity contribution is -0.131. The lowest BCUT2D eigenvalue weighted by Gasteiger charge is -2.33. The van der Waals surface area contributed by atoms with Crippen LogP contribution < -0.4 is 22.1 Å². The van der Waals surface area contributed by atoms with Crippen LogP contribution in [0, 0.1) is 35.5 Å². The van der Waals surface area contributed by atoms with Crippen molar-refractivity contribution in [3.05, 3.63) is 59.7 Å². The molecular weight excluding hydrogens is 721 g/mol. The highest BCUT2D eigenvalue weighted by Crippen LogP contribution is 2.45. The number of aromatic hydroxyl groups is 2. The molecule has 54 heavy (non-hydrogen) atoms. The van der Waals surface area contributed by atoms with Crippen molar-refractivity contribution in [2.75, 3.05) is 0 Å². The number of phenols is 2. The van der Waals surface area contributed by atoms with Gasteiger partial charge in [0.05, 0.1) is 0 Å². The van der Waals surface area contributed by atoms with Gasteiger partial charge in [-0.1, -0.05) is 127 Å². The van der Waals surface area contributed by atoms with E-state index in [9.17, 15) is 29.4 Å². The molecule has 10 nitrogen and oxygen atoms in total. The molecule has 8 unspecified atom stereocenters. The van der Waals surface area contributed by atoms with Crippen LogP contribution in [0.5, 0.6) is 11.5 Å². The van der Waals surface area contributed by atoms with E-state index in [1.54, 1.807) is 70.1 Å². The van der Waals surface area contributed by atoms with Crippen LogP contribution in [0.25, 0.3) is 0 Å². The minimum absolute atomic E-state index is 0.0629. The first-order valence-electron chi connectivity index (χ1n) is 19.6. The monoisotopic (exact) mass is 786 g/mol. The number of hydrogen-bond acceptors (Lipinski definition) is 8. The van der Waals surface area contributed by atoms with Crippen molar-refractivity contribution in [1.82, 2.24) is 10.6 Å². The van der Waals surface area contributed by atoms with Gasteiger partial charge in [-0.25, -0.2) is 0 Å². The Balaban J connectivity index is 2.28. The van der Waals surface area contributed by atoms with Crippen LogP contribution in [-0.4, -0.2) is 56.4 Å². The number of hydrogen-bond donors (Lipinski definition) is 6. The van der Waals surface area contributed by atoms with E-state index in [4.69, 9.17) is 11.5 Å². The molecule has 0 bridgehead atoms. The van der Waals surface area contributed by atoms with Gasteiger partial charge in [0.1, 0.15) is 23.6 Å². The fourth-order valence-electron chi connectivity index (χ4n) is 6.40. The van der Waals surface area contributed by atoms with E-state index in [1.807, 2.05) is 0 Å². The molecule has 0 aliphatic carbocycles. The van der Waals surface area contributed by atoms with Crippen LogP contribution in [0.1, 0.15) is 105 Å². The van der Waals surface area contributed by atoms with Gasteiger partial charge in [-0.2, -0.15) is 0 Å². The van der Waals surface area contributed by atoms with Gasteiger partial charge >= 0.3 is 0 Å². The van der Waals surface area contributed by atoms with E-state index in [2.05, 4.69) is 66.0 Å². The summed E-state index contributed by atoms with van der Waals surface area (Å²) < 4.78 is 0. The van der Waals surface area contributed by atoms with E-state index in [-0.39, 0.29) is 70.3 Å². The highest BCUT2D eigenvalue weighted by molar-refractivity contribution is 8.77. The van der Waals surface area contributed by atoms with Crippen molar-refractivity contribution < 1.29 is 29.4 Å². The van der Waals surface area contributed by atoms with E-state index in [0.29, 0.717) is 24.7 Å². The second-order valence-electron chi connectivity index (χ2n) is 15.2. The van der Waals surface area contributed by atoms with Crippen molar-refractivity contribution in [3.8, 4) is 11.5 Å². The number of carbonyl (C=O) groups excluding carboxylic acids is 4. The quantitative estimate of drug-likeness (QED) is 0.0574. The average Bonchev–Trinajstić information content (AvgIpc) is 3.15. The largest absolute Gasteiger partial charge is 0.508 e.